The first-order valence-corrected chi connectivity index (χ1v) is 6.98. The first kappa shape index (κ1) is 15.2. The number of anilines is 1. The van der Waals surface area contributed by atoms with Gasteiger partial charge in [0.2, 0.25) is 0 Å². The molecule has 0 fully saturated rings. The van der Waals surface area contributed by atoms with E-state index in [1.165, 1.54) is 11.3 Å². The zero-order valence-electron chi connectivity index (χ0n) is 11.9. The Labute approximate surface area is 118 Å². The van der Waals surface area contributed by atoms with E-state index in [-0.39, 0.29) is 0 Å². The number of halogens is 3. The normalized spacial score (nSPS) is 16.9. The second-order valence-corrected chi connectivity index (χ2v) is 5.59. The van der Waals surface area contributed by atoms with Crippen molar-refractivity contribution >= 4 is 5.69 Å². The predicted molar refractivity (Wildman–Crippen MR) is 75.0 cm³/mol. The topological polar surface area (TPSA) is 15.3 Å². The number of hydrogen-bond donors (Lipinski definition) is 1. The Balaban J connectivity index is 1.94. The molecule has 0 saturated heterocycles. The second-order valence-electron chi connectivity index (χ2n) is 5.59. The Hall–Kier alpha value is -1.23. The molecule has 0 spiro atoms. The Morgan fingerprint density at radius 3 is 2.80 bits per heavy atom. The van der Waals surface area contributed by atoms with Crippen molar-refractivity contribution in [3.05, 3.63) is 29.3 Å². The lowest BCUT2D eigenvalue weighted by Crippen LogP contribution is -2.31. The SMILES string of the molecule is CC(CC(F)(F)F)NCc1ccc2c(c1)CCCN2C. The molecule has 1 N–H and O–H groups in total. The zero-order chi connectivity index (χ0) is 14.8. The second kappa shape index (κ2) is 6.04. The fraction of sp³-hybridized carbons (Fsp3) is 0.600. The Morgan fingerprint density at radius 2 is 2.10 bits per heavy atom. The van der Waals surface area contributed by atoms with E-state index in [1.807, 2.05) is 6.07 Å². The quantitative estimate of drug-likeness (QED) is 0.911. The van der Waals surface area contributed by atoms with E-state index in [2.05, 4.69) is 29.4 Å². The third kappa shape index (κ3) is 4.13. The van der Waals surface area contributed by atoms with Gasteiger partial charge in [-0.3, -0.25) is 0 Å². The lowest BCUT2D eigenvalue weighted by Gasteiger charge is -2.28. The van der Waals surface area contributed by atoms with Crippen LogP contribution >= 0.6 is 0 Å². The van der Waals surface area contributed by atoms with Crippen LogP contribution in [0, 0.1) is 0 Å². The maximum absolute atomic E-state index is 12.3. The van der Waals surface area contributed by atoms with Gasteiger partial charge >= 0.3 is 6.18 Å². The summed E-state index contributed by atoms with van der Waals surface area (Å²) in [5.41, 5.74) is 3.58. The molecule has 1 aromatic carbocycles. The van der Waals surface area contributed by atoms with Crippen molar-refractivity contribution in [2.75, 3.05) is 18.5 Å². The third-order valence-corrected chi connectivity index (χ3v) is 3.69. The minimum atomic E-state index is -4.11. The lowest BCUT2D eigenvalue weighted by molar-refractivity contribution is -0.139. The van der Waals surface area contributed by atoms with Crippen LogP contribution in [0.1, 0.15) is 30.9 Å². The number of aryl methyl sites for hydroxylation is 1. The van der Waals surface area contributed by atoms with E-state index in [0.717, 1.165) is 24.9 Å². The third-order valence-electron chi connectivity index (χ3n) is 3.69. The summed E-state index contributed by atoms with van der Waals surface area (Å²) in [7, 11) is 2.07. The highest BCUT2D eigenvalue weighted by Crippen LogP contribution is 2.27. The van der Waals surface area contributed by atoms with Gasteiger partial charge in [0.1, 0.15) is 0 Å². The molecule has 1 unspecified atom stereocenters. The van der Waals surface area contributed by atoms with Crippen LogP contribution in [0.25, 0.3) is 0 Å². The van der Waals surface area contributed by atoms with Gasteiger partial charge in [-0.2, -0.15) is 13.2 Å². The molecule has 2 nitrogen and oxygen atoms in total. The van der Waals surface area contributed by atoms with Gasteiger partial charge in [-0.1, -0.05) is 12.1 Å². The summed E-state index contributed by atoms with van der Waals surface area (Å²) in [5, 5.41) is 2.94. The number of nitrogens with one attached hydrogen (secondary N) is 1. The van der Waals surface area contributed by atoms with Crippen LogP contribution in [-0.2, 0) is 13.0 Å². The van der Waals surface area contributed by atoms with Gasteiger partial charge in [0.25, 0.3) is 0 Å². The van der Waals surface area contributed by atoms with Crippen LogP contribution in [0.3, 0.4) is 0 Å². The number of fused-ring (bicyclic) bond motifs is 1. The molecule has 0 aliphatic carbocycles. The van der Waals surface area contributed by atoms with Gasteiger partial charge in [-0.15, -0.1) is 0 Å². The van der Waals surface area contributed by atoms with Crippen molar-refractivity contribution < 1.29 is 13.2 Å². The lowest BCUT2D eigenvalue weighted by atomic mass is 9.99. The minimum Gasteiger partial charge on any atom is -0.374 e. The van der Waals surface area contributed by atoms with Crippen molar-refractivity contribution in [2.24, 2.45) is 0 Å². The summed E-state index contributed by atoms with van der Waals surface area (Å²) in [5.74, 6) is 0. The number of rotatable bonds is 4. The summed E-state index contributed by atoms with van der Waals surface area (Å²) in [6, 6.07) is 5.61. The van der Waals surface area contributed by atoms with Crippen LogP contribution in [0.2, 0.25) is 0 Å². The summed E-state index contributed by atoms with van der Waals surface area (Å²) < 4.78 is 36.8. The van der Waals surface area contributed by atoms with E-state index in [4.69, 9.17) is 0 Å². The average Bonchev–Trinajstić information content (AvgIpc) is 2.34. The van der Waals surface area contributed by atoms with Crippen LogP contribution in [0.15, 0.2) is 18.2 Å². The van der Waals surface area contributed by atoms with Crippen LogP contribution in [0.4, 0.5) is 18.9 Å². The molecular formula is C15H21F3N2. The minimum absolute atomic E-state index is 0.480. The summed E-state index contributed by atoms with van der Waals surface area (Å²) in [4.78, 5) is 2.22. The molecule has 20 heavy (non-hydrogen) atoms. The molecule has 0 saturated carbocycles. The fourth-order valence-corrected chi connectivity index (χ4v) is 2.66. The van der Waals surface area contributed by atoms with Gasteiger partial charge in [0, 0.05) is 31.9 Å². The standard InChI is InChI=1S/C15H21F3N2/c1-11(9-15(16,17)18)19-10-12-5-6-14-13(8-12)4-3-7-20(14)2/h5-6,8,11,19H,3-4,7,9-10H2,1-2H3. The van der Waals surface area contributed by atoms with Crippen molar-refractivity contribution in [3.63, 3.8) is 0 Å². The van der Waals surface area contributed by atoms with Gasteiger partial charge in [0.05, 0.1) is 6.42 Å². The van der Waals surface area contributed by atoms with Gasteiger partial charge < -0.3 is 10.2 Å². The number of benzene rings is 1. The molecule has 0 amide bonds. The summed E-state index contributed by atoms with van der Waals surface area (Å²) in [6.07, 6.45) is -2.72. The maximum atomic E-state index is 12.3. The van der Waals surface area contributed by atoms with Crippen molar-refractivity contribution in [1.82, 2.24) is 5.32 Å². The van der Waals surface area contributed by atoms with E-state index in [0.29, 0.717) is 6.54 Å². The molecule has 0 radical (unpaired) electrons. The molecule has 112 valence electrons. The van der Waals surface area contributed by atoms with Gasteiger partial charge in [-0.05, 0) is 37.0 Å². The molecule has 5 heteroatoms. The van der Waals surface area contributed by atoms with Gasteiger partial charge in [0.15, 0.2) is 0 Å². The maximum Gasteiger partial charge on any atom is 0.390 e. The van der Waals surface area contributed by atoms with Gasteiger partial charge in [-0.25, -0.2) is 0 Å². The zero-order valence-corrected chi connectivity index (χ0v) is 11.9. The Bertz CT molecular complexity index is 457. The highest BCUT2D eigenvalue weighted by atomic mass is 19.4. The summed E-state index contributed by atoms with van der Waals surface area (Å²) in [6.45, 7) is 3.11. The average molecular weight is 286 g/mol. The van der Waals surface area contributed by atoms with E-state index < -0.39 is 18.6 Å². The molecule has 1 heterocycles. The Morgan fingerprint density at radius 1 is 1.35 bits per heavy atom. The van der Waals surface area contributed by atoms with Crippen LogP contribution in [-0.4, -0.2) is 25.8 Å². The molecule has 1 aromatic rings. The number of nitrogens with zero attached hydrogens (tertiary/aromatic N) is 1. The molecule has 0 bridgehead atoms. The summed E-state index contributed by atoms with van der Waals surface area (Å²) >= 11 is 0. The Kier molecular flexibility index (Phi) is 4.58. The van der Waals surface area contributed by atoms with E-state index in [1.54, 1.807) is 6.92 Å². The molecule has 1 atom stereocenters. The predicted octanol–water partition coefficient (Wildman–Crippen LogP) is 3.50. The molecular weight excluding hydrogens is 265 g/mol. The highest BCUT2D eigenvalue weighted by molar-refractivity contribution is 5.56. The van der Waals surface area contributed by atoms with Crippen molar-refractivity contribution in [1.29, 1.82) is 0 Å². The van der Waals surface area contributed by atoms with E-state index in [9.17, 15) is 13.2 Å². The first-order chi connectivity index (χ1) is 9.35. The molecule has 0 aromatic heterocycles. The fourth-order valence-electron chi connectivity index (χ4n) is 2.66. The molecule has 1 aliphatic heterocycles. The molecule has 2 rings (SSSR count). The van der Waals surface area contributed by atoms with Crippen molar-refractivity contribution in [3.8, 4) is 0 Å². The molecule has 1 aliphatic rings. The number of hydrogen-bond acceptors (Lipinski definition) is 2. The van der Waals surface area contributed by atoms with E-state index >= 15 is 0 Å². The smallest absolute Gasteiger partial charge is 0.374 e. The highest BCUT2D eigenvalue weighted by Gasteiger charge is 2.29. The monoisotopic (exact) mass is 286 g/mol. The van der Waals surface area contributed by atoms with Crippen molar-refractivity contribution in [2.45, 2.75) is 44.9 Å². The first-order valence-electron chi connectivity index (χ1n) is 6.98. The van der Waals surface area contributed by atoms with Crippen LogP contribution in [0.5, 0.6) is 0 Å². The van der Waals surface area contributed by atoms with Crippen LogP contribution < -0.4 is 10.2 Å². The number of alkyl halides is 3. The largest absolute Gasteiger partial charge is 0.390 e.